The van der Waals surface area contributed by atoms with Crippen LogP contribution in [0, 0.1) is 20.8 Å². The Morgan fingerprint density at radius 1 is 0.839 bits per heavy atom. The van der Waals surface area contributed by atoms with Crippen molar-refractivity contribution >= 4 is 22.6 Å². The Morgan fingerprint density at radius 3 is 2.19 bits per heavy atom. The Kier molecular flexibility index (Phi) is 6.01. The lowest BCUT2D eigenvalue weighted by Crippen LogP contribution is -2.15. The molecule has 0 aliphatic carbocycles. The zero-order valence-electron chi connectivity index (χ0n) is 17.7. The van der Waals surface area contributed by atoms with Crippen LogP contribution in [0.4, 0.5) is 0 Å². The van der Waals surface area contributed by atoms with Gasteiger partial charge < -0.3 is 13.9 Å². The molecule has 0 atom stereocenters. The van der Waals surface area contributed by atoms with Gasteiger partial charge in [0, 0.05) is 10.6 Å². The molecule has 0 saturated carbocycles. The van der Waals surface area contributed by atoms with Gasteiger partial charge in [0.05, 0.1) is 5.39 Å². The first-order valence-electron chi connectivity index (χ1n) is 10.1. The minimum Gasteiger partial charge on any atom is -0.490 e. The topological polar surface area (TPSA) is 48.7 Å². The lowest BCUT2D eigenvalue weighted by molar-refractivity contribution is 0.214. The van der Waals surface area contributed by atoms with Gasteiger partial charge in [-0.2, -0.15) is 0 Å². The summed E-state index contributed by atoms with van der Waals surface area (Å²) >= 11 is 5.90. The summed E-state index contributed by atoms with van der Waals surface area (Å²) in [6.07, 6.45) is 0. The number of hydrogen-bond acceptors (Lipinski definition) is 4. The van der Waals surface area contributed by atoms with Crippen LogP contribution in [0.2, 0.25) is 5.02 Å². The fourth-order valence-corrected chi connectivity index (χ4v) is 3.42. The van der Waals surface area contributed by atoms with E-state index in [9.17, 15) is 4.79 Å². The number of fused-ring (bicyclic) bond motifs is 1. The Balaban J connectivity index is 1.67. The fraction of sp³-hybridized carbons (Fsp3) is 0.192. The molecule has 0 unspecified atom stereocenters. The predicted octanol–water partition coefficient (Wildman–Crippen LogP) is 6.50. The minimum absolute atomic E-state index is 0.189. The SMILES string of the molecule is Cc1ccc(-c2oc3cc(C)c(C)cc3c(=O)c2OCCOc2ccc(Cl)cc2)cc1. The van der Waals surface area contributed by atoms with E-state index in [4.69, 9.17) is 25.5 Å². The van der Waals surface area contributed by atoms with Crippen molar-refractivity contribution in [3.05, 3.63) is 92.6 Å². The van der Waals surface area contributed by atoms with E-state index in [1.807, 2.05) is 57.2 Å². The van der Waals surface area contributed by atoms with Gasteiger partial charge in [0.15, 0.2) is 5.76 Å². The molecule has 31 heavy (non-hydrogen) atoms. The van der Waals surface area contributed by atoms with Gasteiger partial charge in [-0.25, -0.2) is 0 Å². The van der Waals surface area contributed by atoms with E-state index in [1.165, 1.54) is 0 Å². The quantitative estimate of drug-likeness (QED) is 0.325. The van der Waals surface area contributed by atoms with Crippen molar-refractivity contribution in [3.8, 4) is 22.8 Å². The standard InChI is InChI=1S/C26H23ClO4/c1-16-4-6-19(7-5-16)25-26(30-13-12-29-21-10-8-20(27)9-11-21)24(28)22-14-17(2)18(3)15-23(22)31-25/h4-11,14-15H,12-13H2,1-3H3. The molecule has 1 aromatic heterocycles. The van der Waals surface area contributed by atoms with Crippen molar-refractivity contribution in [2.24, 2.45) is 0 Å². The molecule has 0 N–H and O–H groups in total. The average Bonchev–Trinajstić information content (AvgIpc) is 2.76. The summed E-state index contributed by atoms with van der Waals surface area (Å²) in [5, 5.41) is 1.15. The van der Waals surface area contributed by atoms with Crippen LogP contribution in [0.1, 0.15) is 16.7 Å². The van der Waals surface area contributed by atoms with Crippen LogP contribution in [0.15, 0.2) is 69.9 Å². The van der Waals surface area contributed by atoms with Gasteiger partial charge in [-0.05, 0) is 68.3 Å². The van der Waals surface area contributed by atoms with Crippen LogP contribution in [0.3, 0.4) is 0 Å². The highest BCUT2D eigenvalue weighted by Crippen LogP contribution is 2.32. The highest BCUT2D eigenvalue weighted by atomic mass is 35.5. The summed E-state index contributed by atoms with van der Waals surface area (Å²) in [5.41, 5.74) is 4.36. The van der Waals surface area contributed by atoms with Crippen LogP contribution in [0.25, 0.3) is 22.3 Å². The zero-order chi connectivity index (χ0) is 22.0. The summed E-state index contributed by atoms with van der Waals surface area (Å²) in [4.78, 5) is 13.3. The third kappa shape index (κ3) is 4.59. The third-order valence-electron chi connectivity index (χ3n) is 5.19. The molecule has 0 fully saturated rings. The molecule has 0 aliphatic heterocycles. The van der Waals surface area contributed by atoms with Gasteiger partial charge in [0.1, 0.15) is 24.5 Å². The van der Waals surface area contributed by atoms with E-state index < -0.39 is 0 Å². The van der Waals surface area contributed by atoms with Gasteiger partial charge in [-0.3, -0.25) is 4.79 Å². The van der Waals surface area contributed by atoms with Crippen molar-refractivity contribution < 1.29 is 13.9 Å². The molecule has 4 nitrogen and oxygen atoms in total. The molecule has 1 heterocycles. The summed E-state index contributed by atoms with van der Waals surface area (Å²) in [7, 11) is 0. The van der Waals surface area contributed by atoms with E-state index in [0.29, 0.717) is 27.5 Å². The van der Waals surface area contributed by atoms with Crippen molar-refractivity contribution in [2.45, 2.75) is 20.8 Å². The number of halogens is 1. The van der Waals surface area contributed by atoms with Crippen molar-refractivity contribution in [3.63, 3.8) is 0 Å². The molecule has 0 saturated heterocycles. The second-order valence-corrected chi connectivity index (χ2v) is 7.98. The molecular weight excluding hydrogens is 412 g/mol. The smallest absolute Gasteiger partial charge is 0.235 e. The second-order valence-electron chi connectivity index (χ2n) is 7.54. The maximum Gasteiger partial charge on any atom is 0.235 e. The third-order valence-corrected chi connectivity index (χ3v) is 5.44. The summed E-state index contributed by atoms with van der Waals surface area (Å²) in [6.45, 7) is 6.46. The summed E-state index contributed by atoms with van der Waals surface area (Å²) in [6, 6.07) is 18.7. The van der Waals surface area contributed by atoms with Gasteiger partial charge in [0.2, 0.25) is 11.2 Å². The molecule has 0 spiro atoms. The fourth-order valence-electron chi connectivity index (χ4n) is 3.29. The van der Waals surface area contributed by atoms with Gasteiger partial charge >= 0.3 is 0 Å². The maximum absolute atomic E-state index is 13.3. The molecule has 4 aromatic rings. The van der Waals surface area contributed by atoms with E-state index in [1.54, 1.807) is 24.3 Å². The highest BCUT2D eigenvalue weighted by molar-refractivity contribution is 6.30. The number of ether oxygens (including phenoxy) is 2. The lowest BCUT2D eigenvalue weighted by Gasteiger charge is -2.13. The number of rotatable bonds is 6. The Labute approximate surface area is 186 Å². The molecule has 5 heteroatoms. The van der Waals surface area contributed by atoms with Crippen molar-refractivity contribution in [1.82, 2.24) is 0 Å². The van der Waals surface area contributed by atoms with Crippen LogP contribution < -0.4 is 14.9 Å². The van der Waals surface area contributed by atoms with Crippen molar-refractivity contribution in [1.29, 1.82) is 0 Å². The monoisotopic (exact) mass is 434 g/mol. The first kappa shape index (κ1) is 21.0. The second kappa shape index (κ2) is 8.86. The first-order valence-corrected chi connectivity index (χ1v) is 10.5. The molecule has 3 aromatic carbocycles. The Morgan fingerprint density at radius 2 is 1.48 bits per heavy atom. The molecule has 4 rings (SSSR count). The number of hydrogen-bond donors (Lipinski definition) is 0. The van der Waals surface area contributed by atoms with E-state index in [-0.39, 0.29) is 24.4 Å². The van der Waals surface area contributed by atoms with E-state index in [2.05, 4.69) is 0 Å². The molecular formula is C26H23ClO4. The van der Waals surface area contributed by atoms with Crippen LogP contribution >= 0.6 is 11.6 Å². The van der Waals surface area contributed by atoms with Crippen LogP contribution in [-0.2, 0) is 0 Å². The van der Waals surface area contributed by atoms with E-state index in [0.717, 1.165) is 22.3 Å². The summed E-state index contributed by atoms with van der Waals surface area (Å²) in [5.74, 6) is 1.30. The lowest BCUT2D eigenvalue weighted by atomic mass is 10.0. The number of benzene rings is 3. The largest absolute Gasteiger partial charge is 0.490 e. The Hall–Kier alpha value is -3.24. The molecule has 0 radical (unpaired) electrons. The summed E-state index contributed by atoms with van der Waals surface area (Å²) < 4.78 is 17.8. The predicted molar refractivity (Wildman–Crippen MR) is 125 cm³/mol. The minimum atomic E-state index is -0.189. The number of aryl methyl sites for hydroxylation is 3. The average molecular weight is 435 g/mol. The molecule has 0 aliphatic rings. The molecule has 0 bridgehead atoms. The van der Waals surface area contributed by atoms with Crippen LogP contribution in [-0.4, -0.2) is 13.2 Å². The van der Waals surface area contributed by atoms with Gasteiger partial charge in [-0.1, -0.05) is 41.4 Å². The van der Waals surface area contributed by atoms with Crippen molar-refractivity contribution in [2.75, 3.05) is 13.2 Å². The maximum atomic E-state index is 13.3. The highest BCUT2D eigenvalue weighted by Gasteiger charge is 2.18. The van der Waals surface area contributed by atoms with Gasteiger partial charge in [-0.15, -0.1) is 0 Å². The molecule has 158 valence electrons. The normalized spacial score (nSPS) is 11.0. The first-order chi connectivity index (χ1) is 14.9. The van der Waals surface area contributed by atoms with E-state index >= 15 is 0 Å². The van der Waals surface area contributed by atoms with Crippen LogP contribution in [0.5, 0.6) is 11.5 Å². The Bertz CT molecular complexity index is 1270. The molecule has 0 amide bonds. The zero-order valence-corrected chi connectivity index (χ0v) is 18.5. The van der Waals surface area contributed by atoms with Gasteiger partial charge in [0.25, 0.3) is 0 Å².